The van der Waals surface area contributed by atoms with Crippen molar-refractivity contribution < 1.29 is 29.3 Å². The summed E-state index contributed by atoms with van der Waals surface area (Å²) in [5.41, 5.74) is 0. The first-order valence-electron chi connectivity index (χ1n) is 5.13. The van der Waals surface area contributed by atoms with Crippen LogP contribution in [0.2, 0.25) is 0 Å². The van der Waals surface area contributed by atoms with Crippen LogP contribution in [0.3, 0.4) is 0 Å². The van der Waals surface area contributed by atoms with Crippen molar-refractivity contribution in [3.05, 3.63) is 0 Å². The molecule has 0 aliphatic heterocycles. The molecule has 96 valence electrons. The van der Waals surface area contributed by atoms with Gasteiger partial charge in [-0.2, -0.15) is 0 Å². The van der Waals surface area contributed by atoms with Crippen LogP contribution in [0.25, 0.3) is 0 Å². The van der Waals surface area contributed by atoms with Crippen LogP contribution >= 0.6 is 0 Å². The Hall–Kier alpha value is -1.14. The van der Waals surface area contributed by atoms with Gasteiger partial charge in [0.15, 0.2) is 0 Å². The molecule has 0 aromatic rings. The predicted octanol–water partition coefficient (Wildman–Crippen LogP) is 0.995. The molecule has 0 aliphatic rings. The van der Waals surface area contributed by atoms with E-state index >= 15 is 0 Å². The Labute approximate surface area is 95.2 Å². The van der Waals surface area contributed by atoms with Crippen LogP contribution in [-0.4, -0.2) is 48.6 Å². The molecule has 0 radical (unpaired) electrons. The maximum atomic E-state index is 9.64. The van der Waals surface area contributed by atoms with Gasteiger partial charge in [-0.05, 0) is 13.8 Å². The summed E-state index contributed by atoms with van der Waals surface area (Å²) in [4.78, 5) is 19.3. The summed E-state index contributed by atoms with van der Waals surface area (Å²) in [6.45, 7) is 6.98. The van der Waals surface area contributed by atoms with E-state index in [-0.39, 0.29) is 12.8 Å². The van der Waals surface area contributed by atoms with Crippen LogP contribution in [0, 0.1) is 0 Å². The molecule has 0 amide bonds. The fourth-order valence-corrected chi connectivity index (χ4v) is 0.620. The van der Waals surface area contributed by atoms with Crippen LogP contribution in [0.1, 0.15) is 26.7 Å². The number of ether oxygens (including phenoxy) is 2. The number of rotatable bonds is 8. The van der Waals surface area contributed by atoms with Crippen molar-refractivity contribution in [1.29, 1.82) is 0 Å². The van der Waals surface area contributed by atoms with Crippen molar-refractivity contribution in [3.8, 4) is 0 Å². The summed E-state index contributed by atoms with van der Waals surface area (Å²) < 4.78 is 10.0. The average Bonchev–Trinajstić information content (AvgIpc) is 2.23. The zero-order valence-corrected chi connectivity index (χ0v) is 9.77. The second-order valence-corrected chi connectivity index (χ2v) is 2.68. The maximum Gasteiger partial charge on any atom is 0.303 e. The van der Waals surface area contributed by atoms with Gasteiger partial charge in [-0.3, -0.25) is 9.59 Å². The van der Waals surface area contributed by atoms with E-state index in [1.165, 1.54) is 0 Å². The molecule has 0 saturated heterocycles. The minimum absolute atomic E-state index is 0.296. The van der Waals surface area contributed by atoms with Crippen LogP contribution in [0.5, 0.6) is 0 Å². The smallest absolute Gasteiger partial charge is 0.303 e. The summed E-state index contributed by atoms with van der Waals surface area (Å²) in [5, 5.41) is 15.8. The number of hydrogen-bond donors (Lipinski definition) is 2. The van der Waals surface area contributed by atoms with Gasteiger partial charge in [0.25, 0.3) is 0 Å². The molecule has 0 heterocycles. The second kappa shape index (κ2) is 13.9. The van der Waals surface area contributed by atoms with Crippen molar-refractivity contribution in [2.75, 3.05) is 26.4 Å². The summed E-state index contributed by atoms with van der Waals surface area (Å²) in [7, 11) is 0. The molecule has 0 aliphatic carbocycles. The van der Waals surface area contributed by atoms with Crippen molar-refractivity contribution >= 4 is 11.9 Å². The predicted molar refractivity (Wildman–Crippen MR) is 57.5 cm³/mol. The molecule has 0 rings (SSSR count). The van der Waals surface area contributed by atoms with Crippen LogP contribution < -0.4 is 0 Å². The van der Waals surface area contributed by atoms with E-state index in [9.17, 15) is 9.59 Å². The molecule has 0 saturated carbocycles. The molecule has 0 aromatic carbocycles. The summed E-state index contributed by atoms with van der Waals surface area (Å²) in [6, 6.07) is 0. The Bertz CT molecular complexity index is 160. The highest BCUT2D eigenvalue weighted by Crippen LogP contribution is 1.86. The molecule has 6 nitrogen and oxygen atoms in total. The highest BCUT2D eigenvalue weighted by atomic mass is 16.5. The first kappa shape index (κ1) is 17.3. The maximum absolute atomic E-state index is 9.64. The normalized spacial score (nSPS) is 9.12. The lowest BCUT2D eigenvalue weighted by atomic mass is 10.3. The van der Waals surface area contributed by atoms with Crippen LogP contribution in [-0.2, 0) is 19.1 Å². The number of carboxylic acid groups (broad SMARTS) is 2. The Balaban J connectivity index is 0. The van der Waals surface area contributed by atoms with Crippen molar-refractivity contribution in [2.24, 2.45) is 0 Å². The van der Waals surface area contributed by atoms with E-state index in [4.69, 9.17) is 19.7 Å². The molecular weight excluding hydrogens is 216 g/mol. The Morgan fingerprint density at radius 3 is 1.38 bits per heavy atom. The second-order valence-electron chi connectivity index (χ2n) is 2.68. The Morgan fingerprint density at radius 2 is 1.19 bits per heavy atom. The first-order chi connectivity index (χ1) is 7.54. The first-order valence-corrected chi connectivity index (χ1v) is 5.13. The lowest BCUT2D eigenvalue weighted by Gasteiger charge is -1.99. The number of carbonyl (C=O) groups is 2. The highest BCUT2D eigenvalue weighted by Gasteiger charge is 2.00. The fourth-order valence-electron chi connectivity index (χ4n) is 0.620. The monoisotopic (exact) mass is 236 g/mol. The minimum Gasteiger partial charge on any atom is -0.481 e. The largest absolute Gasteiger partial charge is 0.481 e. The van der Waals surface area contributed by atoms with Gasteiger partial charge >= 0.3 is 11.9 Å². The molecule has 2 N–H and O–H groups in total. The molecule has 0 aromatic heterocycles. The highest BCUT2D eigenvalue weighted by molar-refractivity contribution is 5.75. The quantitative estimate of drug-likeness (QED) is 0.610. The molecule has 0 unspecified atom stereocenters. The SMILES string of the molecule is CCOCCOCC.O=C(O)CCC(=O)O. The lowest BCUT2D eigenvalue weighted by molar-refractivity contribution is -0.143. The molecule has 0 fully saturated rings. The van der Waals surface area contributed by atoms with Crippen molar-refractivity contribution in [1.82, 2.24) is 0 Å². The van der Waals surface area contributed by atoms with Gasteiger partial charge in [0.2, 0.25) is 0 Å². The van der Waals surface area contributed by atoms with Gasteiger partial charge in [-0.25, -0.2) is 0 Å². The van der Waals surface area contributed by atoms with Gasteiger partial charge < -0.3 is 19.7 Å². The molecular formula is C10H20O6. The van der Waals surface area contributed by atoms with E-state index < -0.39 is 11.9 Å². The van der Waals surface area contributed by atoms with E-state index in [2.05, 4.69) is 0 Å². The zero-order valence-electron chi connectivity index (χ0n) is 9.77. The van der Waals surface area contributed by atoms with E-state index in [0.717, 1.165) is 26.4 Å². The standard InChI is InChI=1S/C6H14O2.C4H6O4/c1-3-7-5-6-8-4-2;5-3(6)1-2-4(7)8/h3-6H2,1-2H3;1-2H2,(H,5,6)(H,7,8). The molecule has 0 spiro atoms. The Kier molecular flexibility index (Phi) is 15.0. The summed E-state index contributed by atoms with van der Waals surface area (Å²) in [5.74, 6) is -2.15. The third-order valence-corrected chi connectivity index (χ3v) is 1.33. The number of hydrogen-bond acceptors (Lipinski definition) is 4. The Morgan fingerprint density at radius 1 is 0.875 bits per heavy atom. The molecule has 0 bridgehead atoms. The van der Waals surface area contributed by atoms with Crippen molar-refractivity contribution in [3.63, 3.8) is 0 Å². The van der Waals surface area contributed by atoms with Gasteiger partial charge in [0.1, 0.15) is 0 Å². The topological polar surface area (TPSA) is 93.1 Å². The number of aliphatic carboxylic acids is 2. The lowest BCUT2D eigenvalue weighted by Crippen LogP contribution is -2.02. The number of carboxylic acids is 2. The average molecular weight is 236 g/mol. The van der Waals surface area contributed by atoms with E-state index in [0.29, 0.717) is 0 Å². The van der Waals surface area contributed by atoms with Crippen LogP contribution in [0.15, 0.2) is 0 Å². The van der Waals surface area contributed by atoms with Gasteiger partial charge in [0, 0.05) is 13.2 Å². The van der Waals surface area contributed by atoms with Gasteiger partial charge in [-0.15, -0.1) is 0 Å². The van der Waals surface area contributed by atoms with Crippen LogP contribution in [0.4, 0.5) is 0 Å². The van der Waals surface area contributed by atoms with Crippen molar-refractivity contribution in [2.45, 2.75) is 26.7 Å². The fraction of sp³-hybridized carbons (Fsp3) is 0.800. The van der Waals surface area contributed by atoms with E-state index in [1.807, 2.05) is 13.8 Å². The third-order valence-electron chi connectivity index (χ3n) is 1.33. The summed E-state index contributed by atoms with van der Waals surface area (Å²) >= 11 is 0. The summed E-state index contributed by atoms with van der Waals surface area (Å²) in [6.07, 6.45) is -0.593. The third kappa shape index (κ3) is 23.0. The molecule has 0 atom stereocenters. The molecule has 16 heavy (non-hydrogen) atoms. The molecule has 6 heteroatoms. The van der Waals surface area contributed by atoms with E-state index in [1.54, 1.807) is 0 Å². The van der Waals surface area contributed by atoms with Gasteiger partial charge in [0.05, 0.1) is 26.1 Å². The van der Waals surface area contributed by atoms with Gasteiger partial charge in [-0.1, -0.05) is 0 Å². The minimum atomic E-state index is -1.08. The zero-order chi connectivity index (χ0) is 12.8.